The molecule has 4 fully saturated rings. The van der Waals surface area contributed by atoms with Crippen LogP contribution in [0.15, 0.2) is 0 Å². The van der Waals surface area contributed by atoms with Crippen LogP contribution in [0.3, 0.4) is 0 Å². The molecular weight excluding hydrogens is 216 g/mol. The van der Waals surface area contributed by atoms with Crippen molar-refractivity contribution in [3.63, 3.8) is 0 Å². The van der Waals surface area contributed by atoms with Crippen molar-refractivity contribution in [3.8, 4) is 0 Å². The van der Waals surface area contributed by atoms with Crippen molar-refractivity contribution in [2.75, 3.05) is 13.7 Å². The molecule has 17 heavy (non-hydrogen) atoms. The average molecular weight is 238 g/mol. The highest BCUT2D eigenvalue weighted by molar-refractivity contribution is 5.71. The molecule has 96 valence electrons. The molecule has 0 aromatic carbocycles. The second-order valence-corrected chi connectivity index (χ2v) is 6.40. The SMILES string of the molecule is COCC(=O)OC1(C)C2CC3CC(C2)CC1C3. The number of carbonyl (C=O) groups excluding carboxylic acids is 1. The highest BCUT2D eigenvalue weighted by atomic mass is 16.6. The van der Waals surface area contributed by atoms with Gasteiger partial charge < -0.3 is 9.47 Å². The lowest BCUT2D eigenvalue weighted by molar-refractivity contribution is -0.206. The Kier molecular flexibility index (Phi) is 2.69. The van der Waals surface area contributed by atoms with Gasteiger partial charge in [0.2, 0.25) is 0 Å². The van der Waals surface area contributed by atoms with Gasteiger partial charge in [0.25, 0.3) is 0 Å². The van der Waals surface area contributed by atoms with Gasteiger partial charge in [-0.1, -0.05) is 0 Å². The van der Waals surface area contributed by atoms with E-state index in [0.29, 0.717) is 11.8 Å². The van der Waals surface area contributed by atoms with E-state index in [2.05, 4.69) is 6.92 Å². The van der Waals surface area contributed by atoms with Gasteiger partial charge >= 0.3 is 5.97 Å². The summed E-state index contributed by atoms with van der Waals surface area (Å²) in [5.74, 6) is 2.82. The molecular formula is C14H22O3. The van der Waals surface area contributed by atoms with Crippen LogP contribution in [0.5, 0.6) is 0 Å². The Balaban J connectivity index is 1.75. The fraction of sp³-hybridized carbons (Fsp3) is 0.929. The zero-order valence-corrected chi connectivity index (χ0v) is 10.8. The molecule has 4 saturated carbocycles. The van der Waals surface area contributed by atoms with Gasteiger partial charge in [-0.3, -0.25) is 0 Å². The molecule has 3 heteroatoms. The standard InChI is InChI=1S/C14H22O3/c1-14(17-13(15)8-16-2)11-4-9-3-10(6-11)7-12(14)5-9/h9-12H,3-8H2,1-2H3. The highest BCUT2D eigenvalue weighted by Gasteiger charge is 2.56. The fourth-order valence-electron chi connectivity index (χ4n) is 4.68. The quantitative estimate of drug-likeness (QED) is 0.708. The Labute approximate surface area is 103 Å². The summed E-state index contributed by atoms with van der Waals surface area (Å²) in [7, 11) is 1.54. The van der Waals surface area contributed by atoms with Gasteiger partial charge in [-0.15, -0.1) is 0 Å². The normalized spacial score (nSPS) is 47.2. The Morgan fingerprint density at radius 1 is 1.12 bits per heavy atom. The maximum atomic E-state index is 11.7. The molecule has 0 radical (unpaired) electrons. The number of methoxy groups -OCH3 is 1. The fourth-order valence-corrected chi connectivity index (χ4v) is 4.68. The molecule has 0 aliphatic heterocycles. The van der Waals surface area contributed by atoms with Crippen LogP contribution in [0.25, 0.3) is 0 Å². The number of esters is 1. The van der Waals surface area contributed by atoms with Crippen LogP contribution in [-0.4, -0.2) is 25.3 Å². The van der Waals surface area contributed by atoms with Gasteiger partial charge in [0, 0.05) is 7.11 Å². The molecule has 3 nitrogen and oxygen atoms in total. The van der Waals surface area contributed by atoms with E-state index in [9.17, 15) is 4.79 Å². The highest BCUT2D eigenvalue weighted by Crippen LogP contribution is 2.59. The van der Waals surface area contributed by atoms with E-state index >= 15 is 0 Å². The zero-order chi connectivity index (χ0) is 12.0. The average Bonchev–Trinajstić information content (AvgIpc) is 2.25. The van der Waals surface area contributed by atoms with Crippen molar-refractivity contribution < 1.29 is 14.3 Å². The summed E-state index contributed by atoms with van der Waals surface area (Å²) in [6.45, 7) is 2.25. The van der Waals surface area contributed by atoms with E-state index in [4.69, 9.17) is 9.47 Å². The Morgan fingerprint density at radius 3 is 2.12 bits per heavy atom. The summed E-state index contributed by atoms with van der Waals surface area (Å²) >= 11 is 0. The van der Waals surface area contributed by atoms with Gasteiger partial charge in [-0.2, -0.15) is 0 Å². The number of rotatable bonds is 3. The van der Waals surface area contributed by atoms with Gasteiger partial charge in [-0.25, -0.2) is 4.79 Å². The van der Waals surface area contributed by atoms with Crippen molar-refractivity contribution in [2.45, 2.75) is 44.6 Å². The van der Waals surface area contributed by atoms with Crippen LogP contribution in [-0.2, 0) is 14.3 Å². The summed E-state index contributed by atoms with van der Waals surface area (Å²) in [5, 5.41) is 0. The van der Waals surface area contributed by atoms with E-state index in [1.807, 2.05) is 0 Å². The van der Waals surface area contributed by atoms with Crippen molar-refractivity contribution in [1.82, 2.24) is 0 Å². The van der Waals surface area contributed by atoms with E-state index in [-0.39, 0.29) is 18.2 Å². The van der Waals surface area contributed by atoms with E-state index in [0.717, 1.165) is 11.8 Å². The van der Waals surface area contributed by atoms with Gasteiger partial charge in [0.15, 0.2) is 0 Å². The first-order valence-corrected chi connectivity index (χ1v) is 6.82. The summed E-state index contributed by atoms with van der Waals surface area (Å²) < 4.78 is 10.7. The molecule has 0 aromatic heterocycles. The third kappa shape index (κ3) is 1.79. The van der Waals surface area contributed by atoms with Crippen molar-refractivity contribution >= 4 is 5.97 Å². The second kappa shape index (κ2) is 3.98. The Hall–Kier alpha value is -0.570. The summed E-state index contributed by atoms with van der Waals surface area (Å²) in [4.78, 5) is 11.7. The Bertz CT molecular complexity index is 295. The molecule has 4 rings (SSSR count). The van der Waals surface area contributed by atoms with Gasteiger partial charge in [0.05, 0.1) is 0 Å². The Morgan fingerprint density at radius 2 is 1.65 bits per heavy atom. The first-order valence-electron chi connectivity index (χ1n) is 6.82. The predicted molar refractivity (Wildman–Crippen MR) is 63.4 cm³/mol. The minimum Gasteiger partial charge on any atom is -0.457 e. The van der Waals surface area contributed by atoms with E-state index in [1.54, 1.807) is 7.11 Å². The lowest BCUT2D eigenvalue weighted by Crippen LogP contribution is -2.58. The number of hydrogen-bond donors (Lipinski definition) is 0. The summed E-state index contributed by atoms with van der Waals surface area (Å²) in [5.41, 5.74) is -0.205. The molecule has 4 bridgehead atoms. The third-order valence-electron chi connectivity index (χ3n) is 5.36. The van der Waals surface area contributed by atoms with Gasteiger partial charge in [-0.05, 0) is 62.7 Å². The number of carbonyl (C=O) groups is 1. The minimum absolute atomic E-state index is 0.0852. The maximum Gasteiger partial charge on any atom is 0.332 e. The molecule has 4 aliphatic rings. The number of hydrogen-bond acceptors (Lipinski definition) is 3. The van der Waals surface area contributed by atoms with E-state index in [1.165, 1.54) is 32.1 Å². The molecule has 0 heterocycles. The minimum atomic E-state index is -0.205. The van der Waals surface area contributed by atoms with Crippen molar-refractivity contribution in [1.29, 1.82) is 0 Å². The van der Waals surface area contributed by atoms with Crippen LogP contribution < -0.4 is 0 Å². The topological polar surface area (TPSA) is 35.5 Å². The molecule has 0 aromatic rings. The van der Waals surface area contributed by atoms with E-state index < -0.39 is 0 Å². The molecule has 0 unspecified atom stereocenters. The molecule has 0 atom stereocenters. The van der Waals surface area contributed by atoms with Gasteiger partial charge in [0.1, 0.15) is 12.2 Å². The summed E-state index contributed by atoms with van der Waals surface area (Å²) in [6, 6.07) is 0. The molecule has 0 N–H and O–H groups in total. The number of ether oxygens (including phenoxy) is 2. The smallest absolute Gasteiger partial charge is 0.332 e. The second-order valence-electron chi connectivity index (χ2n) is 6.40. The zero-order valence-electron chi connectivity index (χ0n) is 10.8. The van der Waals surface area contributed by atoms with Crippen LogP contribution in [0.1, 0.15) is 39.0 Å². The monoisotopic (exact) mass is 238 g/mol. The third-order valence-corrected chi connectivity index (χ3v) is 5.36. The predicted octanol–water partition coefficient (Wildman–Crippen LogP) is 2.39. The molecule has 0 spiro atoms. The van der Waals surface area contributed by atoms with Crippen LogP contribution in [0.4, 0.5) is 0 Å². The summed E-state index contributed by atoms with van der Waals surface area (Å²) in [6.07, 6.45) is 6.50. The molecule has 0 amide bonds. The maximum absolute atomic E-state index is 11.7. The van der Waals surface area contributed by atoms with Crippen molar-refractivity contribution in [2.24, 2.45) is 23.7 Å². The lowest BCUT2D eigenvalue weighted by atomic mass is 9.50. The first kappa shape index (κ1) is 11.5. The largest absolute Gasteiger partial charge is 0.457 e. The lowest BCUT2D eigenvalue weighted by Gasteiger charge is -2.59. The first-order chi connectivity index (χ1) is 8.11. The van der Waals surface area contributed by atoms with Crippen LogP contribution in [0.2, 0.25) is 0 Å². The van der Waals surface area contributed by atoms with Crippen LogP contribution >= 0.6 is 0 Å². The van der Waals surface area contributed by atoms with Crippen molar-refractivity contribution in [3.05, 3.63) is 0 Å². The molecule has 4 aliphatic carbocycles. The van der Waals surface area contributed by atoms with Crippen LogP contribution in [0, 0.1) is 23.7 Å². The molecule has 0 saturated heterocycles.